The summed E-state index contributed by atoms with van der Waals surface area (Å²) in [5, 5.41) is 24.0. The number of aliphatic carboxylic acids is 2. The van der Waals surface area contributed by atoms with Gasteiger partial charge in [0.1, 0.15) is 12.1 Å². The van der Waals surface area contributed by atoms with Crippen molar-refractivity contribution in [1.82, 2.24) is 16.0 Å². The maximum Gasteiger partial charge on any atom is 0.326 e. The van der Waals surface area contributed by atoms with Crippen molar-refractivity contribution in [3.05, 3.63) is 0 Å². The van der Waals surface area contributed by atoms with Gasteiger partial charge in [-0.3, -0.25) is 19.2 Å². The van der Waals surface area contributed by atoms with Crippen LogP contribution in [0.3, 0.4) is 0 Å². The number of carboxylic acids is 2. The van der Waals surface area contributed by atoms with E-state index in [1.165, 1.54) is 6.92 Å². The first kappa shape index (κ1) is 24.3. The summed E-state index contributed by atoms with van der Waals surface area (Å²) in [5.74, 6) is -4.99. The van der Waals surface area contributed by atoms with Gasteiger partial charge >= 0.3 is 11.9 Å². The van der Waals surface area contributed by atoms with E-state index in [-0.39, 0.29) is 0 Å². The van der Waals surface area contributed by atoms with Crippen molar-refractivity contribution in [1.29, 1.82) is 0 Å². The number of nitrogens with one attached hydrogen (secondary N) is 3. The minimum atomic E-state index is -1.62. The fourth-order valence-electron chi connectivity index (χ4n) is 1.97. The molecule has 0 bridgehead atoms. The predicted molar refractivity (Wildman–Crippen MR) is 93.3 cm³/mol. The lowest BCUT2D eigenvalue weighted by molar-refractivity contribution is -0.147. The summed E-state index contributed by atoms with van der Waals surface area (Å²) in [6.45, 7) is 1.30. The van der Waals surface area contributed by atoms with Crippen LogP contribution in [0.2, 0.25) is 0 Å². The maximum absolute atomic E-state index is 11.9. The molecule has 0 radical (unpaired) electrons. The van der Waals surface area contributed by atoms with Crippen LogP contribution in [0.5, 0.6) is 0 Å². The van der Waals surface area contributed by atoms with Crippen LogP contribution in [0.25, 0.3) is 0 Å². The topological polar surface area (TPSA) is 214 Å². The summed E-state index contributed by atoms with van der Waals surface area (Å²) < 4.78 is 0. The zero-order valence-electron chi connectivity index (χ0n) is 15.1. The van der Waals surface area contributed by atoms with Gasteiger partial charge in [-0.2, -0.15) is 0 Å². The monoisotopic (exact) mass is 389 g/mol. The second kappa shape index (κ2) is 12.6. The molecule has 3 unspecified atom stereocenters. The molecule has 12 nitrogen and oxygen atoms in total. The van der Waals surface area contributed by atoms with Gasteiger partial charge in [0.15, 0.2) is 0 Å². The molecule has 0 heterocycles. The van der Waals surface area contributed by atoms with Crippen molar-refractivity contribution >= 4 is 29.7 Å². The molecule has 12 heteroatoms. The molecule has 0 aliphatic rings. The lowest BCUT2D eigenvalue weighted by atomic mass is 10.1. The van der Waals surface area contributed by atoms with Gasteiger partial charge in [-0.1, -0.05) is 6.42 Å². The Labute approximate surface area is 156 Å². The third-order valence-corrected chi connectivity index (χ3v) is 3.49. The van der Waals surface area contributed by atoms with Crippen LogP contribution in [-0.2, 0) is 24.0 Å². The maximum atomic E-state index is 11.9. The van der Waals surface area contributed by atoms with Crippen molar-refractivity contribution < 1.29 is 34.2 Å². The molecule has 0 rings (SSSR count). The summed E-state index contributed by atoms with van der Waals surface area (Å²) in [7, 11) is 0. The Hall–Kier alpha value is -2.73. The van der Waals surface area contributed by atoms with Crippen molar-refractivity contribution in [2.24, 2.45) is 11.5 Å². The molecule has 3 atom stereocenters. The molecule has 0 saturated carbocycles. The third-order valence-electron chi connectivity index (χ3n) is 3.49. The van der Waals surface area contributed by atoms with Crippen molar-refractivity contribution in [3.8, 4) is 0 Å². The van der Waals surface area contributed by atoms with Gasteiger partial charge in [-0.05, 0) is 26.3 Å². The molecule has 0 fully saturated rings. The van der Waals surface area contributed by atoms with Crippen molar-refractivity contribution in [2.45, 2.75) is 50.7 Å². The highest BCUT2D eigenvalue weighted by atomic mass is 16.4. The zero-order valence-corrected chi connectivity index (χ0v) is 15.1. The number of rotatable bonds is 13. The number of carbonyl (C=O) groups excluding carboxylic acids is 3. The largest absolute Gasteiger partial charge is 0.481 e. The average molecular weight is 389 g/mol. The summed E-state index contributed by atoms with van der Waals surface area (Å²) in [5.41, 5.74) is 11.0. The van der Waals surface area contributed by atoms with E-state index in [2.05, 4.69) is 10.6 Å². The zero-order chi connectivity index (χ0) is 21.0. The van der Waals surface area contributed by atoms with Gasteiger partial charge in [0.2, 0.25) is 17.7 Å². The van der Waals surface area contributed by atoms with E-state index < -0.39 is 60.8 Å². The van der Waals surface area contributed by atoms with Gasteiger partial charge in [-0.25, -0.2) is 4.79 Å². The van der Waals surface area contributed by atoms with E-state index in [0.717, 1.165) is 6.42 Å². The molecule has 0 aromatic carbocycles. The van der Waals surface area contributed by atoms with Gasteiger partial charge in [0, 0.05) is 0 Å². The first-order valence-electron chi connectivity index (χ1n) is 8.36. The predicted octanol–water partition coefficient (Wildman–Crippen LogP) is -2.89. The Kier molecular flexibility index (Phi) is 11.3. The highest BCUT2D eigenvalue weighted by Gasteiger charge is 2.24. The first-order valence-corrected chi connectivity index (χ1v) is 8.36. The molecule has 0 aromatic heterocycles. The fourth-order valence-corrected chi connectivity index (χ4v) is 1.97. The summed E-state index contributed by atoms with van der Waals surface area (Å²) in [4.78, 5) is 56.8. The van der Waals surface area contributed by atoms with Crippen LogP contribution in [0.1, 0.15) is 32.6 Å². The average Bonchev–Trinajstić information content (AvgIpc) is 2.58. The Morgan fingerprint density at radius 2 is 1.63 bits per heavy atom. The van der Waals surface area contributed by atoms with E-state index in [1.807, 2.05) is 5.32 Å². The van der Waals surface area contributed by atoms with E-state index in [9.17, 15) is 24.0 Å². The molecule has 0 saturated heterocycles. The smallest absolute Gasteiger partial charge is 0.326 e. The van der Waals surface area contributed by atoms with Crippen LogP contribution >= 0.6 is 0 Å². The van der Waals surface area contributed by atoms with Crippen LogP contribution in [0.15, 0.2) is 0 Å². The van der Waals surface area contributed by atoms with Crippen LogP contribution < -0.4 is 27.4 Å². The fraction of sp³-hybridized carbons (Fsp3) is 0.667. The number of unbranched alkanes of at least 4 members (excludes halogenated alkanes) is 1. The normalized spacial score (nSPS) is 13.7. The Balaban J connectivity index is 4.35. The van der Waals surface area contributed by atoms with Crippen LogP contribution in [0.4, 0.5) is 0 Å². The van der Waals surface area contributed by atoms with Crippen LogP contribution in [-0.4, -0.2) is 71.1 Å². The second-order valence-electron chi connectivity index (χ2n) is 5.90. The molecule has 0 aliphatic carbocycles. The Morgan fingerprint density at radius 1 is 1.00 bits per heavy atom. The van der Waals surface area contributed by atoms with E-state index in [4.69, 9.17) is 21.7 Å². The van der Waals surface area contributed by atoms with Gasteiger partial charge in [0.25, 0.3) is 0 Å². The third kappa shape index (κ3) is 10.8. The molecule has 0 spiro atoms. The lowest BCUT2D eigenvalue weighted by Crippen LogP contribution is -2.52. The van der Waals surface area contributed by atoms with E-state index >= 15 is 0 Å². The molecule has 0 aliphatic heterocycles. The first-order chi connectivity index (χ1) is 12.6. The van der Waals surface area contributed by atoms with Gasteiger partial charge in [-0.15, -0.1) is 0 Å². The highest BCUT2D eigenvalue weighted by molar-refractivity contribution is 5.92. The number of carboxylic acid groups (broad SMARTS) is 2. The standard InChI is InChI=1S/C15H27N5O7/c1-8(19-14(25)9(17)4-2-3-5-16)13(24)18-7-11(21)20-10(15(26)27)6-12(22)23/h8-10H,2-7,16-17H2,1H3,(H,18,24)(H,19,25)(H,20,21)(H,22,23)(H,26,27). The summed E-state index contributed by atoms with van der Waals surface area (Å²) >= 11 is 0. The Bertz CT molecular complexity index is 555. The molecule has 3 amide bonds. The Morgan fingerprint density at radius 3 is 2.15 bits per heavy atom. The lowest BCUT2D eigenvalue weighted by Gasteiger charge is -2.18. The molecule has 154 valence electrons. The number of amides is 3. The van der Waals surface area contributed by atoms with Gasteiger partial charge < -0.3 is 37.6 Å². The van der Waals surface area contributed by atoms with E-state index in [1.54, 1.807) is 0 Å². The SMILES string of the molecule is CC(NC(=O)C(N)CCCCN)C(=O)NCC(=O)NC(CC(=O)O)C(=O)O. The molecular formula is C15H27N5O7. The molecular weight excluding hydrogens is 362 g/mol. The molecule has 0 aromatic rings. The van der Waals surface area contributed by atoms with Gasteiger partial charge in [0.05, 0.1) is 19.0 Å². The number of hydrogen-bond acceptors (Lipinski definition) is 7. The molecule has 9 N–H and O–H groups in total. The number of carbonyl (C=O) groups is 5. The number of nitrogens with two attached hydrogens (primary N) is 2. The van der Waals surface area contributed by atoms with Crippen LogP contribution in [0, 0.1) is 0 Å². The quantitative estimate of drug-likeness (QED) is 0.161. The summed E-state index contributed by atoms with van der Waals surface area (Å²) in [6, 6.07) is -3.38. The van der Waals surface area contributed by atoms with Crippen molar-refractivity contribution in [3.63, 3.8) is 0 Å². The van der Waals surface area contributed by atoms with Crippen molar-refractivity contribution in [2.75, 3.05) is 13.1 Å². The highest BCUT2D eigenvalue weighted by Crippen LogP contribution is 1.98. The second-order valence-corrected chi connectivity index (χ2v) is 5.90. The number of hydrogen-bond donors (Lipinski definition) is 7. The summed E-state index contributed by atoms with van der Waals surface area (Å²) in [6.07, 6.45) is 1.02. The minimum absolute atomic E-state index is 0.417. The van der Waals surface area contributed by atoms with E-state index in [0.29, 0.717) is 19.4 Å². The minimum Gasteiger partial charge on any atom is -0.481 e. The molecule has 27 heavy (non-hydrogen) atoms.